The maximum Gasteiger partial charge on any atom is 0.326 e. The van der Waals surface area contributed by atoms with Crippen LogP contribution in [0.15, 0.2) is 30.5 Å². The second kappa shape index (κ2) is 15.9. The molecule has 0 radical (unpaired) electrons. The number of hydrogen-bond donors (Lipinski definition) is 7. The maximum atomic E-state index is 13.3. The lowest BCUT2D eigenvalue weighted by Crippen LogP contribution is -2.58. The van der Waals surface area contributed by atoms with E-state index in [1.54, 1.807) is 24.9 Å². The average Bonchev–Trinajstić information content (AvgIpc) is 3.33. The highest BCUT2D eigenvalue weighted by atomic mass is 32.2. The Kier molecular flexibility index (Phi) is 12.9. The van der Waals surface area contributed by atoms with E-state index in [9.17, 15) is 29.1 Å². The number of aromatic amines is 1. The molecule has 1 heterocycles. The molecular weight excluding hydrogens is 536 g/mol. The average molecular weight is 577 g/mol. The first kappa shape index (κ1) is 32.6. The van der Waals surface area contributed by atoms with Crippen molar-refractivity contribution in [3.63, 3.8) is 0 Å². The third-order valence-corrected chi connectivity index (χ3v) is 7.43. The highest BCUT2D eigenvalue weighted by Gasteiger charge is 2.32. The van der Waals surface area contributed by atoms with Gasteiger partial charge in [0.25, 0.3) is 0 Å². The van der Waals surface area contributed by atoms with E-state index in [-0.39, 0.29) is 25.2 Å². The molecule has 220 valence electrons. The number of amides is 4. The number of hydrogen-bond acceptors (Lipinski definition) is 7. The molecule has 1 aromatic carbocycles. The second-order valence-electron chi connectivity index (χ2n) is 9.79. The van der Waals surface area contributed by atoms with Gasteiger partial charge in [0.1, 0.15) is 18.1 Å². The third-order valence-electron chi connectivity index (χ3n) is 6.79. The fourth-order valence-electron chi connectivity index (χ4n) is 4.15. The van der Waals surface area contributed by atoms with Crippen molar-refractivity contribution in [2.24, 2.45) is 17.4 Å². The van der Waals surface area contributed by atoms with Crippen LogP contribution < -0.4 is 27.4 Å². The molecule has 12 nitrogen and oxygen atoms in total. The molecule has 2 rings (SSSR count). The summed E-state index contributed by atoms with van der Waals surface area (Å²) >= 11 is 1.55. The van der Waals surface area contributed by atoms with E-state index in [1.165, 1.54) is 0 Å². The number of benzene rings is 1. The minimum atomic E-state index is -1.31. The zero-order chi connectivity index (χ0) is 29.8. The largest absolute Gasteiger partial charge is 0.480 e. The van der Waals surface area contributed by atoms with E-state index in [0.717, 1.165) is 10.9 Å². The minimum absolute atomic E-state index is 0.0128. The molecule has 0 spiro atoms. The molecule has 2 aromatic rings. The number of carbonyl (C=O) groups excluding carboxylic acids is 4. The van der Waals surface area contributed by atoms with Crippen LogP contribution >= 0.6 is 11.8 Å². The van der Waals surface area contributed by atoms with E-state index in [4.69, 9.17) is 11.5 Å². The number of aromatic nitrogens is 1. The molecule has 0 aliphatic heterocycles. The van der Waals surface area contributed by atoms with E-state index in [1.807, 2.05) is 37.4 Å². The number of nitrogens with two attached hydrogens (primary N) is 2. The Bertz CT molecular complexity index is 1190. The van der Waals surface area contributed by atoms with Gasteiger partial charge in [-0.3, -0.25) is 19.2 Å². The lowest BCUT2D eigenvalue weighted by molar-refractivity contribution is -0.142. The Morgan fingerprint density at radius 3 is 2.30 bits per heavy atom. The second-order valence-corrected chi connectivity index (χ2v) is 10.8. The Morgan fingerprint density at radius 1 is 1.00 bits per heavy atom. The normalized spacial score (nSPS) is 14.9. The van der Waals surface area contributed by atoms with Crippen LogP contribution in [0.1, 0.15) is 45.1 Å². The molecule has 4 amide bonds. The fourth-order valence-corrected chi connectivity index (χ4v) is 4.64. The number of rotatable bonds is 17. The van der Waals surface area contributed by atoms with Crippen LogP contribution in [-0.2, 0) is 30.4 Å². The summed E-state index contributed by atoms with van der Waals surface area (Å²) in [5.74, 6) is -3.49. The molecule has 0 fully saturated rings. The monoisotopic (exact) mass is 576 g/mol. The highest BCUT2D eigenvalue weighted by molar-refractivity contribution is 7.98. The van der Waals surface area contributed by atoms with Crippen molar-refractivity contribution in [1.29, 1.82) is 0 Å². The Morgan fingerprint density at radius 2 is 1.68 bits per heavy atom. The highest BCUT2D eigenvalue weighted by Crippen LogP contribution is 2.19. The molecule has 9 N–H and O–H groups in total. The van der Waals surface area contributed by atoms with Crippen molar-refractivity contribution in [2.75, 3.05) is 12.0 Å². The summed E-state index contributed by atoms with van der Waals surface area (Å²) < 4.78 is 0. The summed E-state index contributed by atoms with van der Waals surface area (Å²) in [5, 5.41) is 18.4. The number of carbonyl (C=O) groups is 5. The van der Waals surface area contributed by atoms with Crippen molar-refractivity contribution in [3.05, 3.63) is 36.0 Å². The number of aliphatic carboxylic acids is 1. The van der Waals surface area contributed by atoms with E-state index in [0.29, 0.717) is 24.2 Å². The van der Waals surface area contributed by atoms with Crippen LogP contribution in [0.2, 0.25) is 0 Å². The summed E-state index contributed by atoms with van der Waals surface area (Å²) in [6.07, 6.45) is 4.16. The Hall–Kier alpha value is -3.58. The van der Waals surface area contributed by atoms with Gasteiger partial charge in [-0.05, 0) is 42.4 Å². The van der Waals surface area contributed by atoms with Crippen molar-refractivity contribution < 1.29 is 29.1 Å². The number of carboxylic acid groups (broad SMARTS) is 1. The van der Waals surface area contributed by atoms with Crippen LogP contribution in [0, 0.1) is 5.92 Å². The quantitative estimate of drug-likeness (QED) is 0.142. The van der Waals surface area contributed by atoms with Gasteiger partial charge in [0, 0.05) is 29.9 Å². The van der Waals surface area contributed by atoms with Gasteiger partial charge in [0.2, 0.25) is 23.6 Å². The zero-order valence-corrected chi connectivity index (χ0v) is 23.9. The minimum Gasteiger partial charge on any atom is -0.480 e. The number of H-pyrrole nitrogens is 1. The van der Waals surface area contributed by atoms with Gasteiger partial charge in [0.05, 0.1) is 6.04 Å². The molecule has 1 aromatic heterocycles. The van der Waals surface area contributed by atoms with Gasteiger partial charge >= 0.3 is 5.97 Å². The third kappa shape index (κ3) is 9.56. The number of thioether (sulfide) groups is 1. The molecule has 0 aliphatic rings. The van der Waals surface area contributed by atoms with Crippen LogP contribution in [0.3, 0.4) is 0 Å². The van der Waals surface area contributed by atoms with Gasteiger partial charge in [-0.1, -0.05) is 38.5 Å². The first-order valence-electron chi connectivity index (χ1n) is 13.2. The Balaban J connectivity index is 2.20. The lowest BCUT2D eigenvalue weighted by Gasteiger charge is -2.28. The van der Waals surface area contributed by atoms with Gasteiger partial charge < -0.3 is 37.5 Å². The predicted molar refractivity (Wildman–Crippen MR) is 154 cm³/mol. The van der Waals surface area contributed by atoms with E-state index < -0.39 is 53.8 Å². The fraction of sp³-hybridized carbons (Fsp3) is 0.519. The van der Waals surface area contributed by atoms with Crippen molar-refractivity contribution in [2.45, 2.75) is 70.1 Å². The summed E-state index contributed by atoms with van der Waals surface area (Å²) in [5.41, 5.74) is 12.8. The Labute approximate surface area is 237 Å². The number of primary amides is 1. The molecule has 0 saturated carbocycles. The summed E-state index contributed by atoms with van der Waals surface area (Å²) in [6, 6.07) is 2.99. The number of fused-ring (bicyclic) bond motifs is 1. The van der Waals surface area contributed by atoms with E-state index in [2.05, 4.69) is 20.9 Å². The molecule has 5 unspecified atom stereocenters. The molecule has 0 bridgehead atoms. The van der Waals surface area contributed by atoms with Crippen LogP contribution in [-0.4, -0.2) is 75.9 Å². The van der Waals surface area contributed by atoms with Gasteiger partial charge in [-0.2, -0.15) is 11.8 Å². The van der Waals surface area contributed by atoms with Gasteiger partial charge in [-0.25, -0.2) is 4.79 Å². The molecular formula is C27H40N6O6S. The number of nitrogens with one attached hydrogen (secondary N) is 4. The van der Waals surface area contributed by atoms with E-state index >= 15 is 0 Å². The first-order chi connectivity index (χ1) is 19.0. The molecule has 5 atom stereocenters. The SMILES string of the molecule is CCC(C)C(NC(=O)C(N)CCSC)C(=O)NC(CCC(N)=O)C(=O)NC(Cc1c[nH]c2ccccc12)C(=O)O. The standard InChI is InChI=1S/C27H40N6O6S/c1-4-15(2)23(33-24(35)18(28)11-12-40-3)26(37)31-20(9-10-22(29)34)25(36)32-21(27(38)39)13-16-14-30-19-8-6-5-7-17(16)19/h5-8,14-15,18,20-21,23,30H,4,9-13,28H2,1-3H3,(H2,29,34)(H,31,37)(H,32,36)(H,33,35)(H,38,39). The summed E-state index contributed by atoms with van der Waals surface area (Å²) in [4.78, 5) is 65.8. The van der Waals surface area contributed by atoms with Gasteiger partial charge in [-0.15, -0.1) is 0 Å². The lowest BCUT2D eigenvalue weighted by atomic mass is 9.97. The maximum absolute atomic E-state index is 13.3. The number of para-hydroxylation sites is 1. The topological polar surface area (TPSA) is 209 Å². The zero-order valence-electron chi connectivity index (χ0n) is 23.1. The smallest absolute Gasteiger partial charge is 0.326 e. The molecule has 13 heteroatoms. The number of carboxylic acids is 1. The van der Waals surface area contributed by atoms with Crippen LogP contribution in [0.4, 0.5) is 0 Å². The summed E-state index contributed by atoms with van der Waals surface area (Å²) in [6.45, 7) is 3.63. The van der Waals surface area contributed by atoms with Gasteiger partial charge in [0.15, 0.2) is 0 Å². The predicted octanol–water partition coefficient (Wildman–Crippen LogP) is 0.641. The first-order valence-corrected chi connectivity index (χ1v) is 14.6. The van der Waals surface area contributed by atoms with Crippen molar-refractivity contribution in [1.82, 2.24) is 20.9 Å². The molecule has 40 heavy (non-hydrogen) atoms. The molecule has 0 aliphatic carbocycles. The van der Waals surface area contributed by atoms with Crippen LogP contribution in [0.25, 0.3) is 10.9 Å². The van der Waals surface area contributed by atoms with Crippen molar-refractivity contribution >= 4 is 52.3 Å². The van der Waals surface area contributed by atoms with Crippen molar-refractivity contribution in [3.8, 4) is 0 Å². The molecule has 0 saturated heterocycles. The van der Waals surface area contributed by atoms with Crippen LogP contribution in [0.5, 0.6) is 0 Å². The summed E-state index contributed by atoms with van der Waals surface area (Å²) in [7, 11) is 0.